The monoisotopic (exact) mass is 675 g/mol. The molecule has 2 aromatic carbocycles. The van der Waals surface area contributed by atoms with Crippen LogP contribution in [0.2, 0.25) is 10.2 Å². The second-order valence-electron chi connectivity index (χ2n) is 13.7. The average Bonchev–Trinajstić information content (AvgIpc) is 3.24. The Kier molecular flexibility index (Phi) is 8.98. The van der Waals surface area contributed by atoms with Crippen LogP contribution in [0.25, 0.3) is 22.2 Å². The summed E-state index contributed by atoms with van der Waals surface area (Å²) < 4.78 is 19.0. The lowest BCUT2D eigenvalue weighted by Gasteiger charge is -2.32. The van der Waals surface area contributed by atoms with E-state index in [0.29, 0.717) is 55.4 Å². The number of carbonyl (C=O) groups is 1. The molecule has 2 fully saturated rings. The van der Waals surface area contributed by atoms with Crippen LogP contribution in [0.15, 0.2) is 45.6 Å². The summed E-state index contributed by atoms with van der Waals surface area (Å²) in [5.74, 6) is 0.645. The van der Waals surface area contributed by atoms with Crippen molar-refractivity contribution in [2.75, 3.05) is 23.3 Å². The molecule has 2 aliphatic rings. The Hall–Kier alpha value is -3.37. The maximum atomic E-state index is 13.6. The maximum Gasteiger partial charge on any atom is 0.497 e. The summed E-state index contributed by atoms with van der Waals surface area (Å²) in [4.78, 5) is 32.9. The van der Waals surface area contributed by atoms with Crippen LogP contribution < -0.4 is 21.1 Å². The van der Waals surface area contributed by atoms with E-state index >= 15 is 0 Å². The molecule has 246 valence electrons. The third-order valence-corrected chi connectivity index (χ3v) is 10.3. The van der Waals surface area contributed by atoms with Crippen LogP contribution in [0.5, 0.6) is 0 Å². The summed E-state index contributed by atoms with van der Waals surface area (Å²) in [7, 11) is -0.811. The molecule has 2 aromatic heterocycles. The first kappa shape index (κ1) is 33.5. The largest absolute Gasteiger partial charge is 0.497 e. The molecule has 1 unspecified atom stereocenters. The first-order valence-corrected chi connectivity index (χ1v) is 16.9. The van der Waals surface area contributed by atoms with Crippen molar-refractivity contribution in [1.29, 1.82) is 0 Å². The number of hydrogen-bond acceptors (Lipinski definition) is 8. The number of fused-ring (bicyclic) bond motifs is 1. The van der Waals surface area contributed by atoms with Crippen molar-refractivity contribution in [3.63, 3.8) is 0 Å². The average molecular weight is 676 g/mol. The minimum atomic E-state index is -0.811. The number of aromatic nitrogens is 1. The van der Waals surface area contributed by atoms with Crippen molar-refractivity contribution in [3.8, 4) is 11.3 Å². The Balaban J connectivity index is 1.40. The van der Waals surface area contributed by atoms with E-state index < -0.39 is 18.3 Å². The van der Waals surface area contributed by atoms with Gasteiger partial charge in [0.15, 0.2) is 5.43 Å². The fourth-order valence-corrected chi connectivity index (χ4v) is 6.91. The van der Waals surface area contributed by atoms with Gasteiger partial charge in [-0.1, -0.05) is 29.3 Å². The van der Waals surface area contributed by atoms with Crippen LogP contribution in [0, 0.1) is 13.8 Å². The quantitative estimate of drug-likeness (QED) is 0.119. The van der Waals surface area contributed by atoms with Gasteiger partial charge in [-0.05, 0) is 104 Å². The molecule has 0 aliphatic carbocycles. The van der Waals surface area contributed by atoms with Crippen molar-refractivity contribution in [1.82, 2.24) is 4.98 Å². The topological polar surface area (TPSA) is 93.9 Å². The molecular formula is C36H40BCl2N3O5. The summed E-state index contributed by atoms with van der Waals surface area (Å²) in [6.45, 7) is 15.4. The van der Waals surface area contributed by atoms with Gasteiger partial charge in [0.1, 0.15) is 17.0 Å². The van der Waals surface area contributed by atoms with E-state index in [1.165, 1.54) is 6.42 Å². The zero-order valence-electron chi connectivity index (χ0n) is 27.9. The van der Waals surface area contributed by atoms with Crippen LogP contribution in [0.4, 0.5) is 11.6 Å². The van der Waals surface area contributed by atoms with Gasteiger partial charge < -0.3 is 23.9 Å². The molecule has 0 bridgehead atoms. The number of nitrogens with one attached hydrogen (secondary N) is 1. The molecule has 0 spiro atoms. The van der Waals surface area contributed by atoms with E-state index in [4.69, 9.17) is 36.9 Å². The van der Waals surface area contributed by atoms with Crippen molar-refractivity contribution in [3.05, 3.63) is 79.1 Å². The van der Waals surface area contributed by atoms with Gasteiger partial charge >= 0.3 is 7.12 Å². The molecule has 1 N–H and O–H groups in total. The van der Waals surface area contributed by atoms with Gasteiger partial charge in [-0.2, -0.15) is 0 Å². The minimum absolute atomic E-state index is 0.0176. The highest BCUT2D eigenvalue weighted by Crippen LogP contribution is 2.39. The van der Waals surface area contributed by atoms with Crippen LogP contribution in [0.3, 0.4) is 0 Å². The number of nitrogens with zero attached hydrogens (tertiary/aromatic N) is 2. The number of anilines is 2. The Labute approximate surface area is 285 Å². The Morgan fingerprint density at radius 3 is 2.34 bits per heavy atom. The van der Waals surface area contributed by atoms with Crippen molar-refractivity contribution < 1.29 is 18.5 Å². The number of aldehydes is 1. The number of aryl methyl sites for hydroxylation is 1. The predicted molar refractivity (Wildman–Crippen MR) is 191 cm³/mol. The molecule has 11 heteroatoms. The van der Waals surface area contributed by atoms with E-state index in [9.17, 15) is 9.59 Å². The van der Waals surface area contributed by atoms with E-state index in [1.807, 2.05) is 66.7 Å². The van der Waals surface area contributed by atoms with Crippen LogP contribution in [0.1, 0.15) is 87.0 Å². The molecule has 4 heterocycles. The second kappa shape index (κ2) is 12.6. The van der Waals surface area contributed by atoms with Gasteiger partial charge in [0.05, 0.1) is 39.6 Å². The van der Waals surface area contributed by atoms with Gasteiger partial charge in [0.2, 0.25) is 5.88 Å². The van der Waals surface area contributed by atoms with Crippen LogP contribution in [-0.4, -0.2) is 42.7 Å². The van der Waals surface area contributed by atoms with Gasteiger partial charge in [-0.25, -0.2) is 4.98 Å². The number of rotatable bonds is 7. The van der Waals surface area contributed by atoms with Gasteiger partial charge in [-0.3, -0.25) is 9.59 Å². The number of piperidine rings is 1. The highest BCUT2D eigenvalue weighted by Gasteiger charge is 2.53. The number of pyridine rings is 1. The van der Waals surface area contributed by atoms with Gasteiger partial charge in [-0.15, -0.1) is 0 Å². The van der Waals surface area contributed by atoms with E-state index in [1.54, 1.807) is 18.2 Å². The number of benzene rings is 2. The minimum Gasteiger partial charge on any atom is -0.440 e. The fraction of sp³-hybridized carbons (Fsp3) is 0.417. The first-order chi connectivity index (χ1) is 22.2. The zero-order valence-corrected chi connectivity index (χ0v) is 29.4. The highest BCUT2D eigenvalue weighted by atomic mass is 35.5. The third kappa shape index (κ3) is 6.19. The van der Waals surface area contributed by atoms with E-state index in [2.05, 4.69) is 15.2 Å². The summed E-state index contributed by atoms with van der Waals surface area (Å²) in [6, 6.07) is 10.7. The van der Waals surface area contributed by atoms with E-state index in [-0.39, 0.29) is 16.6 Å². The SMILES string of the molecule is Cc1cc(C(C)Nc2ccc(Cl)nc2-c2cc(Cl)c(B3OC(C)(C)C(C)(C)O3)c(C=O)c2)c2oc(N3CCCCC3)c(C)c(=O)c2c1. The third-order valence-electron chi connectivity index (χ3n) is 9.76. The molecule has 1 atom stereocenters. The van der Waals surface area contributed by atoms with Crippen molar-refractivity contribution in [2.45, 2.75) is 85.0 Å². The number of hydrogen-bond donors (Lipinski definition) is 1. The van der Waals surface area contributed by atoms with Gasteiger partial charge in [0, 0.05) is 40.3 Å². The van der Waals surface area contributed by atoms with Crippen molar-refractivity contribution in [2.24, 2.45) is 0 Å². The lowest BCUT2D eigenvalue weighted by Crippen LogP contribution is -2.41. The molecule has 0 saturated carbocycles. The summed E-state index contributed by atoms with van der Waals surface area (Å²) in [6.07, 6.45) is 4.06. The normalized spacial score (nSPS) is 18.1. The summed E-state index contributed by atoms with van der Waals surface area (Å²) in [5.41, 5.74) is 4.34. The molecule has 8 nitrogen and oxygen atoms in total. The molecule has 0 amide bonds. The van der Waals surface area contributed by atoms with Gasteiger partial charge in [0.25, 0.3) is 0 Å². The maximum absolute atomic E-state index is 13.6. The fourth-order valence-electron chi connectivity index (χ4n) is 6.44. The van der Waals surface area contributed by atoms with E-state index in [0.717, 1.165) is 43.3 Å². The molecule has 6 rings (SSSR count). The molecule has 47 heavy (non-hydrogen) atoms. The molecule has 0 radical (unpaired) electrons. The predicted octanol–water partition coefficient (Wildman–Crippen LogP) is 8.05. The number of carbonyl (C=O) groups excluding carboxylic acids is 1. The standard InChI is InChI=1S/C36H40BCl2N3O5/c1-20-15-25(33-26(16-20)32(44)21(2)34(45-33)42-13-9-8-10-14-42)22(3)40-28-11-12-29(39)41-31(28)23-17-24(19-43)30(27(38)18-23)37-46-35(4,5)36(6,7)47-37/h11-12,15-19,22,40H,8-10,13-14H2,1-7H3. The lowest BCUT2D eigenvalue weighted by molar-refractivity contribution is 0.00578. The van der Waals surface area contributed by atoms with Crippen molar-refractivity contribution >= 4 is 64.6 Å². The Morgan fingerprint density at radius 1 is 1.00 bits per heavy atom. The Morgan fingerprint density at radius 2 is 1.68 bits per heavy atom. The summed E-state index contributed by atoms with van der Waals surface area (Å²) >= 11 is 13.3. The first-order valence-electron chi connectivity index (χ1n) is 16.1. The molecule has 4 aromatic rings. The lowest BCUT2D eigenvalue weighted by atomic mass is 9.75. The molecule has 2 saturated heterocycles. The van der Waals surface area contributed by atoms with Crippen LogP contribution in [-0.2, 0) is 9.31 Å². The second-order valence-corrected chi connectivity index (χ2v) is 14.5. The zero-order chi connectivity index (χ0) is 33.8. The molecular weight excluding hydrogens is 636 g/mol. The number of halogens is 2. The van der Waals surface area contributed by atoms with Crippen LogP contribution >= 0.6 is 23.2 Å². The summed E-state index contributed by atoms with van der Waals surface area (Å²) in [5, 5.41) is 4.73. The molecule has 2 aliphatic heterocycles. The Bertz CT molecular complexity index is 1920. The highest BCUT2D eigenvalue weighted by molar-refractivity contribution is 6.67. The smallest absolute Gasteiger partial charge is 0.440 e.